The van der Waals surface area contributed by atoms with E-state index in [1.54, 1.807) is 30.2 Å². The molecule has 3 aromatic rings. The molecule has 0 saturated carbocycles. The molecule has 158 valence electrons. The van der Waals surface area contributed by atoms with Gasteiger partial charge in [0.1, 0.15) is 17.0 Å². The Morgan fingerprint density at radius 2 is 1.90 bits per heavy atom. The van der Waals surface area contributed by atoms with Gasteiger partial charge in [0, 0.05) is 31.1 Å². The van der Waals surface area contributed by atoms with Gasteiger partial charge in [0.25, 0.3) is 0 Å². The van der Waals surface area contributed by atoms with Crippen LogP contribution in [0, 0.1) is 0 Å². The number of piperazine rings is 1. The molecule has 0 atom stereocenters. The molecule has 0 bridgehead atoms. The van der Waals surface area contributed by atoms with Crippen molar-refractivity contribution >= 4 is 44.4 Å². The first kappa shape index (κ1) is 20.8. The predicted octanol–water partition coefficient (Wildman–Crippen LogP) is 4.14. The predicted molar refractivity (Wildman–Crippen MR) is 123 cm³/mol. The molecule has 1 aliphatic heterocycles. The Morgan fingerprint density at radius 3 is 2.60 bits per heavy atom. The summed E-state index contributed by atoms with van der Waals surface area (Å²) in [5.41, 5.74) is 0.925. The molecule has 0 N–H and O–H groups in total. The third-order valence-electron chi connectivity index (χ3n) is 5.00. The zero-order valence-corrected chi connectivity index (χ0v) is 18.8. The lowest BCUT2D eigenvalue weighted by atomic mass is 10.3. The van der Waals surface area contributed by atoms with E-state index in [1.807, 2.05) is 48.2 Å². The Bertz CT molecular complexity index is 999. The van der Waals surface area contributed by atoms with Gasteiger partial charge in [-0.25, -0.2) is 4.98 Å². The summed E-state index contributed by atoms with van der Waals surface area (Å²) < 4.78 is 12.0. The molecule has 0 spiro atoms. The number of aromatic nitrogens is 1. The summed E-state index contributed by atoms with van der Waals surface area (Å²) in [6.45, 7) is 5.63. The zero-order valence-electron chi connectivity index (χ0n) is 17.2. The minimum Gasteiger partial charge on any atom is -0.497 e. The number of thioether (sulfide) groups is 1. The van der Waals surface area contributed by atoms with Crippen LogP contribution in [0.25, 0.3) is 10.2 Å². The van der Waals surface area contributed by atoms with Crippen molar-refractivity contribution < 1.29 is 14.3 Å². The van der Waals surface area contributed by atoms with Crippen LogP contribution in [0.15, 0.2) is 47.4 Å². The van der Waals surface area contributed by atoms with Crippen molar-refractivity contribution in [2.24, 2.45) is 0 Å². The van der Waals surface area contributed by atoms with Gasteiger partial charge in [0.15, 0.2) is 5.13 Å². The smallest absolute Gasteiger partial charge is 0.233 e. The monoisotopic (exact) mass is 443 g/mol. The maximum atomic E-state index is 12.6. The zero-order chi connectivity index (χ0) is 20.9. The summed E-state index contributed by atoms with van der Waals surface area (Å²) in [5, 5.41) is 0.997. The van der Waals surface area contributed by atoms with Gasteiger partial charge in [0.05, 0.1) is 24.2 Å². The van der Waals surface area contributed by atoms with Crippen molar-refractivity contribution in [2.75, 3.05) is 50.5 Å². The Kier molecular flexibility index (Phi) is 6.64. The minimum absolute atomic E-state index is 0.179. The Labute approximate surface area is 184 Å². The highest BCUT2D eigenvalue weighted by atomic mass is 32.2. The van der Waals surface area contributed by atoms with E-state index in [0.717, 1.165) is 57.9 Å². The van der Waals surface area contributed by atoms with Crippen LogP contribution in [-0.4, -0.2) is 61.4 Å². The summed E-state index contributed by atoms with van der Waals surface area (Å²) in [7, 11) is 1.65. The molecule has 30 heavy (non-hydrogen) atoms. The molecule has 0 radical (unpaired) electrons. The molecule has 4 rings (SSSR count). The van der Waals surface area contributed by atoms with Gasteiger partial charge >= 0.3 is 0 Å². The average Bonchev–Trinajstić information content (AvgIpc) is 3.23. The summed E-state index contributed by atoms with van der Waals surface area (Å²) in [6, 6.07) is 13.9. The number of rotatable bonds is 7. The van der Waals surface area contributed by atoms with Crippen LogP contribution < -0.4 is 14.4 Å². The fourth-order valence-corrected chi connectivity index (χ4v) is 5.21. The lowest BCUT2D eigenvalue weighted by Crippen LogP contribution is -2.49. The fraction of sp³-hybridized carbons (Fsp3) is 0.364. The van der Waals surface area contributed by atoms with Crippen LogP contribution in [0.5, 0.6) is 11.5 Å². The number of hydrogen-bond donors (Lipinski definition) is 0. The first-order chi connectivity index (χ1) is 14.7. The minimum atomic E-state index is 0.179. The Morgan fingerprint density at radius 1 is 1.13 bits per heavy atom. The molecule has 1 fully saturated rings. The quantitative estimate of drug-likeness (QED) is 0.512. The third kappa shape index (κ3) is 4.65. The van der Waals surface area contributed by atoms with Crippen molar-refractivity contribution in [3.05, 3.63) is 42.5 Å². The van der Waals surface area contributed by atoms with Gasteiger partial charge < -0.3 is 19.3 Å². The molecule has 1 aliphatic rings. The van der Waals surface area contributed by atoms with Crippen LogP contribution in [0.3, 0.4) is 0 Å². The van der Waals surface area contributed by atoms with E-state index in [-0.39, 0.29) is 5.91 Å². The Hall–Kier alpha value is -2.45. The molecular weight excluding hydrogens is 418 g/mol. The first-order valence-electron chi connectivity index (χ1n) is 10.00. The molecule has 2 heterocycles. The average molecular weight is 444 g/mol. The van der Waals surface area contributed by atoms with Gasteiger partial charge in [-0.1, -0.05) is 17.4 Å². The molecule has 1 amide bonds. The summed E-state index contributed by atoms with van der Waals surface area (Å²) in [5.74, 6) is 2.29. The van der Waals surface area contributed by atoms with Crippen molar-refractivity contribution in [3.8, 4) is 11.5 Å². The van der Waals surface area contributed by atoms with E-state index in [0.29, 0.717) is 12.4 Å². The van der Waals surface area contributed by atoms with Crippen LogP contribution in [0.2, 0.25) is 0 Å². The van der Waals surface area contributed by atoms with Gasteiger partial charge in [-0.15, -0.1) is 11.8 Å². The van der Waals surface area contributed by atoms with Gasteiger partial charge in [-0.2, -0.15) is 0 Å². The summed E-state index contributed by atoms with van der Waals surface area (Å²) in [6.07, 6.45) is 0. The van der Waals surface area contributed by atoms with Crippen LogP contribution in [0.4, 0.5) is 5.13 Å². The van der Waals surface area contributed by atoms with Gasteiger partial charge in [-0.05, 0) is 43.3 Å². The van der Waals surface area contributed by atoms with E-state index < -0.39 is 0 Å². The molecule has 2 aromatic carbocycles. The highest BCUT2D eigenvalue weighted by Crippen LogP contribution is 2.34. The van der Waals surface area contributed by atoms with E-state index in [4.69, 9.17) is 14.5 Å². The number of ether oxygens (including phenoxy) is 2. The van der Waals surface area contributed by atoms with Crippen molar-refractivity contribution in [3.63, 3.8) is 0 Å². The fourth-order valence-electron chi connectivity index (χ4n) is 3.37. The first-order valence-corrected chi connectivity index (χ1v) is 11.8. The maximum Gasteiger partial charge on any atom is 0.233 e. The van der Waals surface area contributed by atoms with Crippen molar-refractivity contribution in [1.82, 2.24) is 9.88 Å². The standard InChI is InChI=1S/C22H25N3O3S2/c1-3-28-18-5-4-6-19-21(18)23-22(30-19)25-13-11-24(12-14-25)20(26)15-29-17-9-7-16(27-2)8-10-17/h4-10H,3,11-15H2,1-2H3. The van der Waals surface area contributed by atoms with E-state index in [1.165, 1.54) is 0 Å². The number of anilines is 1. The van der Waals surface area contributed by atoms with E-state index >= 15 is 0 Å². The number of carbonyl (C=O) groups excluding carboxylic acids is 1. The maximum absolute atomic E-state index is 12.6. The molecule has 0 unspecified atom stereocenters. The molecule has 0 aliphatic carbocycles. The number of amides is 1. The van der Waals surface area contributed by atoms with Gasteiger partial charge in [0.2, 0.25) is 5.91 Å². The van der Waals surface area contributed by atoms with Crippen molar-refractivity contribution in [1.29, 1.82) is 0 Å². The number of hydrogen-bond acceptors (Lipinski definition) is 7. The van der Waals surface area contributed by atoms with E-state index in [2.05, 4.69) is 11.0 Å². The molecule has 1 aromatic heterocycles. The van der Waals surface area contributed by atoms with Gasteiger partial charge in [-0.3, -0.25) is 4.79 Å². The lowest BCUT2D eigenvalue weighted by Gasteiger charge is -2.34. The number of fused-ring (bicyclic) bond motifs is 1. The number of para-hydroxylation sites is 1. The number of nitrogens with zero attached hydrogens (tertiary/aromatic N) is 3. The molecule has 6 nitrogen and oxygen atoms in total. The summed E-state index contributed by atoms with van der Waals surface area (Å²) >= 11 is 3.24. The van der Waals surface area contributed by atoms with Crippen LogP contribution >= 0.6 is 23.1 Å². The SMILES string of the molecule is CCOc1cccc2sc(N3CCN(C(=O)CSc4ccc(OC)cc4)CC3)nc12. The number of benzene rings is 2. The van der Waals surface area contributed by atoms with Crippen LogP contribution in [0.1, 0.15) is 6.92 Å². The van der Waals surface area contributed by atoms with E-state index in [9.17, 15) is 4.79 Å². The second kappa shape index (κ2) is 9.57. The van der Waals surface area contributed by atoms with Crippen molar-refractivity contribution in [2.45, 2.75) is 11.8 Å². The highest BCUT2D eigenvalue weighted by molar-refractivity contribution is 8.00. The normalized spacial score (nSPS) is 14.2. The molecular formula is C22H25N3O3S2. The summed E-state index contributed by atoms with van der Waals surface area (Å²) in [4.78, 5) is 22.7. The second-order valence-corrected chi connectivity index (χ2v) is 8.92. The van der Waals surface area contributed by atoms with Crippen LogP contribution in [-0.2, 0) is 4.79 Å². The molecule has 1 saturated heterocycles. The largest absolute Gasteiger partial charge is 0.497 e. The highest BCUT2D eigenvalue weighted by Gasteiger charge is 2.23. The number of thiazole rings is 1. The molecule has 8 heteroatoms. The second-order valence-electron chi connectivity index (χ2n) is 6.86. The number of methoxy groups -OCH3 is 1. The third-order valence-corrected chi connectivity index (χ3v) is 7.07. The lowest BCUT2D eigenvalue weighted by molar-refractivity contribution is -0.128. The topological polar surface area (TPSA) is 54.9 Å². The Balaban J connectivity index is 1.32. The number of carbonyl (C=O) groups is 1.